The molecule has 0 aliphatic heterocycles. The molecule has 2 N–H and O–H groups in total. The average Bonchev–Trinajstić information content (AvgIpc) is 3.19. The van der Waals surface area contributed by atoms with Gasteiger partial charge in [0.25, 0.3) is 0 Å². The molecule has 1 fully saturated rings. The van der Waals surface area contributed by atoms with Crippen LogP contribution in [0, 0.1) is 5.41 Å². The first-order chi connectivity index (χ1) is 13.5. The zero-order valence-electron chi connectivity index (χ0n) is 18.0. The third-order valence-electron chi connectivity index (χ3n) is 5.65. The van der Waals surface area contributed by atoms with Crippen LogP contribution in [0.25, 0.3) is 0 Å². The van der Waals surface area contributed by atoms with E-state index >= 15 is 0 Å². The second-order valence-electron chi connectivity index (χ2n) is 8.00. The van der Waals surface area contributed by atoms with Crippen LogP contribution in [0.2, 0.25) is 0 Å². The van der Waals surface area contributed by atoms with Crippen LogP contribution in [0.4, 0.5) is 5.69 Å². The first-order valence-corrected chi connectivity index (χ1v) is 10.4. The molecule has 1 amide bonds. The molecule has 28 heavy (non-hydrogen) atoms. The molecule has 1 aromatic carbocycles. The van der Waals surface area contributed by atoms with Crippen LogP contribution in [0.5, 0.6) is 0 Å². The summed E-state index contributed by atoms with van der Waals surface area (Å²) in [6.45, 7) is 2.55. The molecule has 0 unspecified atom stereocenters. The van der Waals surface area contributed by atoms with Gasteiger partial charge < -0.3 is 20.4 Å². The first-order valence-electron chi connectivity index (χ1n) is 10.4. The standard InChI is InChI=1S/C22H37N5O/c1-23-21(25-18-22(14-8-9-15-22)20(28)26(2)3)24-16-10-11-17-27(4)19-12-6-5-7-13-19/h5-7,12-13H,8-11,14-18H2,1-4H3,(H2,23,24,25). The van der Waals surface area contributed by atoms with E-state index in [4.69, 9.17) is 0 Å². The Morgan fingerprint density at radius 2 is 1.75 bits per heavy atom. The van der Waals surface area contributed by atoms with Gasteiger partial charge in [-0.3, -0.25) is 9.79 Å². The van der Waals surface area contributed by atoms with Crippen molar-refractivity contribution in [3.63, 3.8) is 0 Å². The molecule has 0 aromatic heterocycles. The molecule has 2 rings (SSSR count). The van der Waals surface area contributed by atoms with Crippen LogP contribution in [0.1, 0.15) is 38.5 Å². The lowest BCUT2D eigenvalue weighted by molar-refractivity contribution is -0.138. The fourth-order valence-corrected chi connectivity index (χ4v) is 3.96. The minimum Gasteiger partial charge on any atom is -0.375 e. The van der Waals surface area contributed by atoms with Gasteiger partial charge in [-0.2, -0.15) is 0 Å². The highest BCUT2D eigenvalue weighted by atomic mass is 16.2. The molecule has 0 bridgehead atoms. The molecule has 0 saturated heterocycles. The number of guanidine groups is 1. The minimum absolute atomic E-state index is 0.233. The Hall–Kier alpha value is -2.24. The van der Waals surface area contributed by atoms with Crippen molar-refractivity contribution in [2.45, 2.75) is 38.5 Å². The molecule has 1 aromatic rings. The number of aliphatic imine (C=N–C) groups is 1. The summed E-state index contributed by atoms with van der Waals surface area (Å²) < 4.78 is 0. The number of hydrogen-bond donors (Lipinski definition) is 2. The Morgan fingerprint density at radius 1 is 1.07 bits per heavy atom. The number of benzene rings is 1. The number of unbranched alkanes of at least 4 members (excludes halogenated alkanes) is 1. The molecule has 0 heterocycles. The van der Waals surface area contributed by atoms with Gasteiger partial charge >= 0.3 is 0 Å². The van der Waals surface area contributed by atoms with Crippen LogP contribution in [0.15, 0.2) is 35.3 Å². The lowest BCUT2D eigenvalue weighted by Crippen LogP contribution is -2.49. The monoisotopic (exact) mass is 387 g/mol. The van der Waals surface area contributed by atoms with Gasteiger partial charge in [0.05, 0.1) is 5.41 Å². The number of nitrogens with zero attached hydrogens (tertiary/aromatic N) is 3. The summed E-state index contributed by atoms with van der Waals surface area (Å²) in [6, 6.07) is 10.5. The second kappa shape index (κ2) is 10.9. The number of nitrogens with one attached hydrogen (secondary N) is 2. The summed E-state index contributed by atoms with van der Waals surface area (Å²) in [4.78, 5) is 21.0. The molecule has 0 spiro atoms. The smallest absolute Gasteiger partial charge is 0.230 e. The lowest BCUT2D eigenvalue weighted by atomic mass is 9.84. The van der Waals surface area contributed by atoms with Crippen LogP contribution in [-0.2, 0) is 4.79 Å². The maximum absolute atomic E-state index is 12.7. The predicted octanol–water partition coefficient (Wildman–Crippen LogP) is 2.72. The van der Waals surface area contributed by atoms with E-state index in [2.05, 4.69) is 51.8 Å². The van der Waals surface area contributed by atoms with Crippen LogP contribution >= 0.6 is 0 Å². The van der Waals surface area contributed by atoms with Crippen LogP contribution in [0.3, 0.4) is 0 Å². The Morgan fingerprint density at radius 3 is 2.36 bits per heavy atom. The van der Waals surface area contributed by atoms with Crippen molar-refractivity contribution < 1.29 is 4.79 Å². The van der Waals surface area contributed by atoms with Crippen molar-refractivity contribution in [2.75, 3.05) is 52.7 Å². The summed E-state index contributed by atoms with van der Waals surface area (Å²) in [5.74, 6) is 1.02. The molecule has 1 aliphatic carbocycles. The van der Waals surface area contributed by atoms with Crippen molar-refractivity contribution in [2.24, 2.45) is 10.4 Å². The Balaban J connectivity index is 1.70. The molecule has 6 nitrogen and oxygen atoms in total. The highest BCUT2D eigenvalue weighted by molar-refractivity contribution is 5.85. The van der Waals surface area contributed by atoms with Crippen molar-refractivity contribution >= 4 is 17.6 Å². The minimum atomic E-state index is -0.278. The van der Waals surface area contributed by atoms with Gasteiger partial charge in [-0.15, -0.1) is 0 Å². The molecule has 1 aliphatic rings. The normalized spacial score (nSPS) is 15.9. The zero-order valence-corrected chi connectivity index (χ0v) is 18.0. The van der Waals surface area contributed by atoms with Gasteiger partial charge in [0.2, 0.25) is 5.91 Å². The molecular weight excluding hydrogens is 350 g/mol. The van der Waals surface area contributed by atoms with Gasteiger partial charge in [0.15, 0.2) is 5.96 Å². The number of amides is 1. The summed E-state index contributed by atoms with van der Waals surface area (Å²) >= 11 is 0. The summed E-state index contributed by atoms with van der Waals surface area (Å²) in [5.41, 5.74) is 0.972. The summed E-state index contributed by atoms with van der Waals surface area (Å²) in [7, 11) is 7.61. The Bertz CT molecular complexity index is 623. The molecular formula is C22H37N5O. The maximum atomic E-state index is 12.7. The van der Waals surface area contributed by atoms with Gasteiger partial charge in [0, 0.05) is 53.5 Å². The van der Waals surface area contributed by atoms with E-state index in [-0.39, 0.29) is 11.3 Å². The number of carbonyl (C=O) groups excluding carboxylic acids is 1. The third-order valence-corrected chi connectivity index (χ3v) is 5.65. The number of anilines is 1. The summed E-state index contributed by atoms with van der Waals surface area (Å²) in [5, 5.41) is 6.78. The fourth-order valence-electron chi connectivity index (χ4n) is 3.96. The molecule has 0 radical (unpaired) electrons. The van der Waals surface area contributed by atoms with Gasteiger partial charge in [-0.25, -0.2) is 0 Å². The maximum Gasteiger partial charge on any atom is 0.230 e. The first kappa shape index (κ1) is 22.1. The topological polar surface area (TPSA) is 60.0 Å². The number of rotatable bonds is 9. The quantitative estimate of drug-likeness (QED) is 0.389. The number of carbonyl (C=O) groups is 1. The molecule has 6 heteroatoms. The van der Waals surface area contributed by atoms with Crippen molar-refractivity contribution in [3.8, 4) is 0 Å². The van der Waals surface area contributed by atoms with E-state index in [1.807, 2.05) is 20.2 Å². The number of para-hydroxylation sites is 1. The average molecular weight is 388 g/mol. The SMILES string of the molecule is CN=C(NCCCCN(C)c1ccccc1)NCC1(C(=O)N(C)C)CCCC1. The van der Waals surface area contributed by atoms with Crippen molar-refractivity contribution in [3.05, 3.63) is 30.3 Å². The van der Waals surface area contributed by atoms with Crippen molar-refractivity contribution in [1.29, 1.82) is 0 Å². The van der Waals surface area contributed by atoms with E-state index in [0.717, 1.165) is 57.6 Å². The van der Waals surface area contributed by atoms with E-state index in [0.29, 0.717) is 6.54 Å². The lowest BCUT2D eigenvalue weighted by Gasteiger charge is -2.31. The Labute approximate surface area is 170 Å². The second-order valence-corrected chi connectivity index (χ2v) is 8.00. The highest BCUT2D eigenvalue weighted by Crippen LogP contribution is 2.38. The van der Waals surface area contributed by atoms with E-state index in [9.17, 15) is 4.79 Å². The molecule has 1 saturated carbocycles. The fraction of sp³-hybridized carbons (Fsp3) is 0.636. The van der Waals surface area contributed by atoms with Crippen LogP contribution < -0.4 is 15.5 Å². The molecule has 0 atom stereocenters. The van der Waals surface area contributed by atoms with E-state index < -0.39 is 0 Å². The molecule has 156 valence electrons. The zero-order chi connectivity index (χ0) is 20.4. The van der Waals surface area contributed by atoms with E-state index in [1.165, 1.54) is 5.69 Å². The van der Waals surface area contributed by atoms with Gasteiger partial charge in [-0.05, 0) is 37.8 Å². The van der Waals surface area contributed by atoms with Crippen molar-refractivity contribution in [1.82, 2.24) is 15.5 Å². The third kappa shape index (κ3) is 6.14. The van der Waals surface area contributed by atoms with Gasteiger partial charge in [0.1, 0.15) is 0 Å². The number of hydrogen-bond acceptors (Lipinski definition) is 3. The Kier molecular flexibility index (Phi) is 8.61. The van der Waals surface area contributed by atoms with Crippen LogP contribution in [-0.4, -0.2) is 64.6 Å². The predicted molar refractivity (Wildman–Crippen MR) is 118 cm³/mol. The van der Waals surface area contributed by atoms with E-state index in [1.54, 1.807) is 11.9 Å². The van der Waals surface area contributed by atoms with Gasteiger partial charge in [-0.1, -0.05) is 31.0 Å². The summed E-state index contributed by atoms with van der Waals surface area (Å²) in [6.07, 6.45) is 6.35. The highest BCUT2D eigenvalue weighted by Gasteiger charge is 2.42. The largest absolute Gasteiger partial charge is 0.375 e.